The number of β-amino-alcohol motifs (C(OH)–C–C–N with tert-alkyl or cyclic N) is 1. The van der Waals surface area contributed by atoms with Crippen LogP contribution in [0.1, 0.15) is 36.8 Å². The first-order valence-corrected chi connectivity index (χ1v) is 9.31. The number of hydrogen-bond acceptors (Lipinski definition) is 4. The molecular formula is C20H29N3O3. The van der Waals surface area contributed by atoms with Crippen molar-refractivity contribution in [3.8, 4) is 0 Å². The zero-order chi connectivity index (χ0) is 18.9. The van der Waals surface area contributed by atoms with Gasteiger partial charge in [-0.25, -0.2) is 0 Å². The minimum Gasteiger partial charge on any atom is -0.388 e. The highest BCUT2D eigenvalue weighted by molar-refractivity contribution is 5.95. The summed E-state index contributed by atoms with van der Waals surface area (Å²) in [6, 6.07) is 6.26. The number of likely N-dealkylation sites (tertiary alicyclic amines) is 1. The molecule has 0 bridgehead atoms. The molecule has 1 aromatic carbocycles. The SMILES string of the molecule is CN(C)C(=O)CC1(O)CCCN(Cc2ccc3c(c2)CCC(=O)N3C)C1. The molecule has 0 spiro atoms. The van der Waals surface area contributed by atoms with Crippen LogP contribution in [-0.4, -0.2) is 66.6 Å². The Kier molecular flexibility index (Phi) is 5.34. The number of fused-ring (bicyclic) bond motifs is 1. The van der Waals surface area contributed by atoms with E-state index < -0.39 is 5.60 Å². The second-order valence-corrected chi connectivity index (χ2v) is 7.92. The molecule has 2 aliphatic heterocycles. The van der Waals surface area contributed by atoms with Gasteiger partial charge in [0, 0.05) is 46.3 Å². The Hall–Kier alpha value is -1.92. The van der Waals surface area contributed by atoms with Crippen LogP contribution in [0.2, 0.25) is 0 Å². The summed E-state index contributed by atoms with van der Waals surface area (Å²) in [6.07, 6.45) is 3.07. The van der Waals surface area contributed by atoms with Crippen LogP contribution in [0.4, 0.5) is 5.69 Å². The van der Waals surface area contributed by atoms with Gasteiger partial charge in [0.15, 0.2) is 0 Å². The Bertz CT molecular complexity index is 704. The van der Waals surface area contributed by atoms with Crippen molar-refractivity contribution in [2.45, 2.75) is 44.2 Å². The van der Waals surface area contributed by atoms with E-state index in [2.05, 4.69) is 17.0 Å². The third kappa shape index (κ3) is 4.07. The van der Waals surface area contributed by atoms with Gasteiger partial charge >= 0.3 is 0 Å². The summed E-state index contributed by atoms with van der Waals surface area (Å²) in [5.74, 6) is 0.132. The Morgan fingerprint density at radius 2 is 2.08 bits per heavy atom. The highest BCUT2D eigenvalue weighted by Crippen LogP contribution is 2.30. The second kappa shape index (κ2) is 7.37. The fraction of sp³-hybridized carbons (Fsp3) is 0.600. The fourth-order valence-corrected chi connectivity index (χ4v) is 3.99. The number of nitrogens with zero attached hydrogens (tertiary/aromatic N) is 3. The standard InChI is InChI=1S/C20H29N3O3/c1-21(2)19(25)12-20(26)9-4-10-23(14-20)13-15-5-7-17-16(11-15)6-8-18(24)22(17)3/h5,7,11,26H,4,6,8-10,12-14H2,1-3H3. The molecular weight excluding hydrogens is 330 g/mol. The Morgan fingerprint density at radius 1 is 1.31 bits per heavy atom. The maximum atomic E-state index is 12.0. The van der Waals surface area contributed by atoms with Gasteiger partial charge < -0.3 is 14.9 Å². The number of benzene rings is 1. The number of aryl methyl sites for hydroxylation is 1. The summed E-state index contributed by atoms with van der Waals surface area (Å²) < 4.78 is 0. The van der Waals surface area contributed by atoms with Crippen molar-refractivity contribution in [2.75, 3.05) is 39.1 Å². The van der Waals surface area contributed by atoms with Crippen molar-refractivity contribution < 1.29 is 14.7 Å². The molecule has 1 N–H and O–H groups in total. The predicted octanol–water partition coefficient (Wildman–Crippen LogP) is 1.40. The lowest BCUT2D eigenvalue weighted by Crippen LogP contribution is -2.50. The summed E-state index contributed by atoms with van der Waals surface area (Å²) in [7, 11) is 5.27. The van der Waals surface area contributed by atoms with Gasteiger partial charge in [-0.15, -0.1) is 0 Å². The third-order valence-corrected chi connectivity index (χ3v) is 5.51. The molecule has 0 aliphatic carbocycles. The average molecular weight is 359 g/mol. The summed E-state index contributed by atoms with van der Waals surface area (Å²) >= 11 is 0. The van der Waals surface area contributed by atoms with Gasteiger partial charge in [-0.2, -0.15) is 0 Å². The van der Waals surface area contributed by atoms with Crippen LogP contribution in [0.25, 0.3) is 0 Å². The molecule has 1 atom stereocenters. The Balaban J connectivity index is 1.67. The van der Waals surface area contributed by atoms with Crippen LogP contribution in [0.3, 0.4) is 0 Å². The zero-order valence-electron chi connectivity index (χ0n) is 16.0. The first-order valence-electron chi connectivity index (χ1n) is 9.31. The number of piperidine rings is 1. The lowest BCUT2D eigenvalue weighted by molar-refractivity contribution is -0.136. The summed E-state index contributed by atoms with van der Waals surface area (Å²) in [5.41, 5.74) is 2.45. The lowest BCUT2D eigenvalue weighted by Gasteiger charge is -2.39. The average Bonchev–Trinajstić information content (AvgIpc) is 2.58. The molecule has 6 nitrogen and oxygen atoms in total. The van der Waals surface area contributed by atoms with E-state index >= 15 is 0 Å². The molecule has 1 unspecified atom stereocenters. The summed E-state index contributed by atoms with van der Waals surface area (Å²) in [6.45, 7) is 2.19. The smallest absolute Gasteiger partial charge is 0.227 e. The maximum absolute atomic E-state index is 12.0. The molecule has 2 aliphatic rings. The number of hydrogen-bond donors (Lipinski definition) is 1. The molecule has 0 saturated carbocycles. The molecule has 0 radical (unpaired) electrons. The second-order valence-electron chi connectivity index (χ2n) is 7.92. The first-order chi connectivity index (χ1) is 12.3. The summed E-state index contributed by atoms with van der Waals surface area (Å²) in [4.78, 5) is 29.3. The van der Waals surface area contributed by atoms with Gasteiger partial charge in [-0.3, -0.25) is 14.5 Å². The van der Waals surface area contributed by atoms with Crippen molar-refractivity contribution in [3.05, 3.63) is 29.3 Å². The van der Waals surface area contributed by atoms with E-state index in [1.807, 2.05) is 13.1 Å². The highest BCUT2D eigenvalue weighted by atomic mass is 16.3. The van der Waals surface area contributed by atoms with Crippen molar-refractivity contribution in [2.24, 2.45) is 0 Å². The predicted molar refractivity (Wildman–Crippen MR) is 101 cm³/mol. The quantitative estimate of drug-likeness (QED) is 0.883. The van der Waals surface area contributed by atoms with Gasteiger partial charge in [0.2, 0.25) is 11.8 Å². The molecule has 6 heteroatoms. The molecule has 142 valence electrons. The number of rotatable bonds is 4. The lowest BCUT2D eigenvalue weighted by atomic mass is 9.88. The molecule has 26 heavy (non-hydrogen) atoms. The van der Waals surface area contributed by atoms with Crippen LogP contribution in [0.15, 0.2) is 18.2 Å². The van der Waals surface area contributed by atoms with E-state index in [4.69, 9.17) is 0 Å². The maximum Gasteiger partial charge on any atom is 0.227 e. The van der Waals surface area contributed by atoms with Crippen LogP contribution in [-0.2, 0) is 22.6 Å². The van der Waals surface area contributed by atoms with Crippen molar-refractivity contribution in [3.63, 3.8) is 0 Å². The van der Waals surface area contributed by atoms with Crippen LogP contribution >= 0.6 is 0 Å². The molecule has 1 fully saturated rings. The van der Waals surface area contributed by atoms with Crippen molar-refractivity contribution >= 4 is 17.5 Å². The van der Waals surface area contributed by atoms with E-state index in [-0.39, 0.29) is 18.2 Å². The Labute approximate surface area is 155 Å². The van der Waals surface area contributed by atoms with Gasteiger partial charge in [0.1, 0.15) is 0 Å². The molecule has 2 heterocycles. The van der Waals surface area contributed by atoms with Gasteiger partial charge in [0.05, 0.1) is 12.0 Å². The van der Waals surface area contributed by atoms with E-state index in [0.717, 1.165) is 31.6 Å². The van der Waals surface area contributed by atoms with E-state index in [9.17, 15) is 14.7 Å². The van der Waals surface area contributed by atoms with Crippen molar-refractivity contribution in [1.29, 1.82) is 0 Å². The molecule has 2 amide bonds. The minimum atomic E-state index is -0.944. The minimum absolute atomic E-state index is 0.0316. The summed E-state index contributed by atoms with van der Waals surface area (Å²) in [5, 5.41) is 10.9. The van der Waals surface area contributed by atoms with Gasteiger partial charge in [0.25, 0.3) is 0 Å². The first kappa shape index (κ1) is 18.9. The molecule has 3 rings (SSSR count). The molecule has 0 aromatic heterocycles. The number of amides is 2. The normalized spacial score (nSPS) is 23.7. The number of carbonyl (C=O) groups is 2. The molecule has 1 saturated heterocycles. The van der Waals surface area contributed by atoms with Crippen LogP contribution in [0.5, 0.6) is 0 Å². The van der Waals surface area contributed by atoms with E-state index in [1.54, 1.807) is 19.0 Å². The number of anilines is 1. The van der Waals surface area contributed by atoms with E-state index in [0.29, 0.717) is 19.4 Å². The van der Waals surface area contributed by atoms with E-state index in [1.165, 1.54) is 16.0 Å². The molecule has 1 aromatic rings. The van der Waals surface area contributed by atoms with Crippen LogP contribution < -0.4 is 4.90 Å². The number of carbonyl (C=O) groups excluding carboxylic acids is 2. The number of aliphatic hydroxyl groups is 1. The topological polar surface area (TPSA) is 64.1 Å². The van der Waals surface area contributed by atoms with Gasteiger partial charge in [-0.05, 0) is 43.0 Å². The third-order valence-electron chi connectivity index (χ3n) is 5.51. The largest absolute Gasteiger partial charge is 0.388 e. The Morgan fingerprint density at radius 3 is 2.81 bits per heavy atom. The van der Waals surface area contributed by atoms with Gasteiger partial charge in [-0.1, -0.05) is 12.1 Å². The van der Waals surface area contributed by atoms with Crippen molar-refractivity contribution in [1.82, 2.24) is 9.80 Å². The highest BCUT2D eigenvalue weighted by Gasteiger charge is 2.35. The fourth-order valence-electron chi connectivity index (χ4n) is 3.99. The zero-order valence-corrected chi connectivity index (χ0v) is 16.0. The van der Waals surface area contributed by atoms with Crippen LogP contribution in [0, 0.1) is 0 Å². The monoisotopic (exact) mass is 359 g/mol.